The second-order valence-electron chi connectivity index (χ2n) is 6.01. The first-order valence-corrected chi connectivity index (χ1v) is 6.43. The van der Waals surface area contributed by atoms with Crippen molar-refractivity contribution in [3.05, 3.63) is 0 Å². The van der Waals surface area contributed by atoms with E-state index >= 15 is 0 Å². The Labute approximate surface area is 118 Å². The van der Waals surface area contributed by atoms with Gasteiger partial charge in [0.05, 0.1) is 13.7 Å². The molecule has 1 heterocycles. The summed E-state index contributed by atoms with van der Waals surface area (Å²) in [5.41, 5.74) is -0.656. The van der Waals surface area contributed by atoms with Crippen molar-refractivity contribution in [2.45, 2.75) is 58.2 Å². The van der Waals surface area contributed by atoms with Crippen LogP contribution in [-0.2, 0) is 23.7 Å². The van der Waals surface area contributed by atoms with Gasteiger partial charge in [-0.05, 0) is 34.6 Å². The highest BCUT2D eigenvalue weighted by Gasteiger charge is 2.42. The Kier molecular flexibility index (Phi) is 4.99. The van der Waals surface area contributed by atoms with Gasteiger partial charge in [0.25, 0.3) is 0 Å². The van der Waals surface area contributed by atoms with E-state index in [0.29, 0.717) is 0 Å². The van der Waals surface area contributed by atoms with Gasteiger partial charge in [-0.2, -0.15) is 0 Å². The molecule has 116 valence electrons. The number of nitrogens with one attached hydrogen (secondary N) is 1. The lowest BCUT2D eigenvalue weighted by Crippen LogP contribution is -2.51. The molecule has 20 heavy (non-hydrogen) atoms. The molecule has 0 saturated carbocycles. The van der Waals surface area contributed by atoms with Crippen LogP contribution in [0.5, 0.6) is 0 Å². The summed E-state index contributed by atoms with van der Waals surface area (Å²) in [5.74, 6) is -1.41. The van der Waals surface area contributed by atoms with Crippen molar-refractivity contribution < 1.29 is 28.5 Å². The maximum absolute atomic E-state index is 11.8. The van der Waals surface area contributed by atoms with Gasteiger partial charge in [0.2, 0.25) is 0 Å². The highest BCUT2D eigenvalue weighted by atomic mass is 16.7. The number of methoxy groups -OCH3 is 1. The van der Waals surface area contributed by atoms with E-state index in [1.807, 2.05) is 0 Å². The van der Waals surface area contributed by atoms with Crippen molar-refractivity contribution in [2.24, 2.45) is 0 Å². The Hall–Kier alpha value is -1.34. The van der Waals surface area contributed by atoms with Crippen molar-refractivity contribution in [3.63, 3.8) is 0 Å². The van der Waals surface area contributed by atoms with Gasteiger partial charge in [-0.15, -0.1) is 0 Å². The van der Waals surface area contributed by atoms with Gasteiger partial charge in [0, 0.05) is 0 Å². The summed E-state index contributed by atoms with van der Waals surface area (Å²) in [4.78, 5) is 23.6. The third kappa shape index (κ3) is 4.97. The molecule has 1 aliphatic rings. The van der Waals surface area contributed by atoms with Crippen molar-refractivity contribution in [3.8, 4) is 0 Å². The van der Waals surface area contributed by atoms with Crippen LogP contribution in [-0.4, -0.2) is 49.3 Å². The molecule has 1 saturated heterocycles. The average Bonchev–Trinajstić information content (AvgIpc) is 2.63. The highest BCUT2D eigenvalue weighted by Crippen LogP contribution is 2.24. The molecule has 1 N–H and O–H groups in total. The quantitative estimate of drug-likeness (QED) is 0.786. The molecule has 7 nitrogen and oxygen atoms in total. The lowest BCUT2D eigenvalue weighted by Gasteiger charge is -2.25. The van der Waals surface area contributed by atoms with Gasteiger partial charge in [0.1, 0.15) is 11.7 Å². The van der Waals surface area contributed by atoms with Crippen molar-refractivity contribution in [1.82, 2.24) is 5.32 Å². The Morgan fingerprint density at radius 1 is 1.35 bits per heavy atom. The molecule has 1 amide bonds. The van der Waals surface area contributed by atoms with E-state index in [0.717, 1.165) is 0 Å². The molecular weight excluding hydrogens is 266 g/mol. The maximum atomic E-state index is 11.8. The van der Waals surface area contributed by atoms with E-state index in [1.165, 1.54) is 7.11 Å². The van der Waals surface area contributed by atoms with Crippen LogP contribution in [0, 0.1) is 0 Å². The standard InChI is InChI=1S/C13H23NO6/c1-12(2,3)20-11(16)14-9(10(15)17-6)8-7-18-13(4,5)19-8/h8-9H,7H2,1-6H3,(H,14,16)/t8-,9+/m1/s1. The van der Waals surface area contributed by atoms with Crippen molar-refractivity contribution >= 4 is 12.1 Å². The number of amides is 1. The smallest absolute Gasteiger partial charge is 0.408 e. The van der Waals surface area contributed by atoms with E-state index in [1.54, 1.807) is 34.6 Å². The molecule has 1 aliphatic heterocycles. The summed E-state index contributed by atoms with van der Waals surface area (Å²) >= 11 is 0. The number of carbonyl (C=O) groups is 2. The summed E-state index contributed by atoms with van der Waals surface area (Å²) in [6, 6.07) is -0.975. The molecule has 0 radical (unpaired) electrons. The molecule has 0 aromatic heterocycles. The minimum atomic E-state index is -0.975. The molecule has 0 spiro atoms. The number of esters is 1. The Morgan fingerprint density at radius 3 is 2.35 bits per heavy atom. The number of alkyl carbamates (subject to hydrolysis) is 1. The second-order valence-corrected chi connectivity index (χ2v) is 6.01. The van der Waals surface area contributed by atoms with Crippen LogP contribution in [0.3, 0.4) is 0 Å². The van der Waals surface area contributed by atoms with Crippen molar-refractivity contribution in [1.29, 1.82) is 0 Å². The third-order valence-electron chi connectivity index (χ3n) is 2.53. The summed E-state index contributed by atoms with van der Waals surface area (Å²) in [5, 5.41) is 2.46. The SMILES string of the molecule is COC(=O)[C@@H](NC(=O)OC(C)(C)C)[C@H]1COC(C)(C)O1. The first-order chi connectivity index (χ1) is 9.04. The maximum Gasteiger partial charge on any atom is 0.408 e. The van der Waals surface area contributed by atoms with E-state index in [2.05, 4.69) is 10.1 Å². The fraction of sp³-hybridized carbons (Fsp3) is 0.846. The summed E-state index contributed by atoms with van der Waals surface area (Å²) in [6.45, 7) is 8.85. The lowest BCUT2D eigenvalue weighted by molar-refractivity contribution is -0.156. The van der Waals surface area contributed by atoms with Gasteiger partial charge in [-0.1, -0.05) is 0 Å². The number of hydrogen-bond acceptors (Lipinski definition) is 6. The van der Waals surface area contributed by atoms with Crippen LogP contribution in [0.1, 0.15) is 34.6 Å². The third-order valence-corrected chi connectivity index (χ3v) is 2.53. The largest absolute Gasteiger partial charge is 0.467 e. The summed E-state index contributed by atoms with van der Waals surface area (Å²) < 4.78 is 20.8. The van der Waals surface area contributed by atoms with E-state index in [-0.39, 0.29) is 6.61 Å². The monoisotopic (exact) mass is 289 g/mol. The molecule has 1 rings (SSSR count). The zero-order valence-corrected chi connectivity index (χ0v) is 12.8. The first-order valence-electron chi connectivity index (χ1n) is 6.43. The topological polar surface area (TPSA) is 83.1 Å². The first kappa shape index (κ1) is 16.7. The van der Waals surface area contributed by atoms with E-state index in [9.17, 15) is 9.59 Å². The molecule has 1 fully saturated rings. The number of carbonyl (C=O) groups excluding carboxylic acids is 2. The van der Waals surface area contributed by atoms with Crippen LogP contribution >= 0.6 is 0 Å². The minimum absolute atomic E-state index is 0.183. The van der Waals surface area contributed by atoms with Gasteiger partial charge in [-0.25, -0.2) is 9.59 Å². The summed E-state index contributed by atoms with van der Waals surface area (Å²) in [7, 11) is 1.24. The zero-order valence-electron chi connectivity index (χ0n) is 12.8. The van der Waals surface area contributed by atoms with Crippen LogP contribution in [0.2, 0.25) is 0 Å². The molecule has 0 aromatic rings. The predicted molar refractivity (Wildman–Crippen MR) is 70.1 cm³/mol. The molecule has 0 aliphatic carbocycles. The second kappa shape index (κ2) is 5.97. The van der Waals surface area contributed by atoms with Crippen LogP contribution in [0.25, 0.3) is 0 Å². The predicted octanol–water partition coefficient (Wildman–Crippen LogP) is 1.20. The average molecular weight is 289 g/mol. The number of ether oxygens (including phenoxy) is 4. The molecule has 2 atom stereocenters. The Morgan fingerprint density at radius 2 is 1.95 bits per heavy atom. The molecular formula is C13H23NO6. The summed E-state index contributed by atoms with van der Waals surface area (Å²) in [6.07, 6.45) is -1.33. The number of hydrogen-bond donors (Lipinski definition) is 1. The fourth-order valence-electron chi connectivity index (χ4n) is 1.74. The van der Waals surface area contributed by atoms with Gasteiger partial charge in [0.15, 0.2) is 11.8 Å². The molecule has 0 unspecified atom stereocenters. The Bertz CT molecular complexity index is 374. The zero-order chi connectivity index (χ0) is 15.6. The van der Waals surface area contributed by atoms with Gasteiger partial charge in [-0.3, -0.25) is 0 Å². The van der Waals surface area contributed by atoms with Crippen LogP contribution < -0.4 is 5.32 Å². The van der Waals surface area contributed by atoms with Gasteiger partial charge < -0.3 is 24.3 Å². The molecule has 0 aromatic carbocycles. The van der Waals surface area contributed by atoms with Crippen molar-refractivity contribution in [2.75, 3.05) is 13.7 Å². The van der Waals surface area contributed by atoms with E-state index in [4.69, 9.17) is 14.2 Å². The number of rotatable bonds is 3. The highest BCUT2D eigenvalue weighted by molar-refractivity contribution is 5.82. The molecule has 0 bridgehead atoms. The van der Waals surface area contributed by atoms with E-state index < -0.39 is 35.6 Å². The Balaban J connectivity index is 2.71. The molecule has 7 heteroatoms. The lowest BCUT2D eigenvalue weighted by atomic mass is 10.1. The van der Waals surface area contributed by atoms with Crippen LogP contribution in [0.15, 0.2) is 0 Å². The van der Waals surface area contributed by atoms with Gasteiger partial charge >= 0.3 is 12.1 Å². The minimum Gasteiger partial charge on any atom is -0.467 e. The fourth-order valence-corrected chi connectivity index (χ4v) is 1.74. The normalized spacial score (nSPS) is 23.0. The van der Waals surface area contributed by atoms with Crippen LogP contribution in [0.4, 0.5) is 4.79 Å².